The molecule has 0 radical (unpaired) electrons. The van der Waals surface area contributed by atoms with Crippen LogP contribution in [-0.4, -0.2) is 19.3 Å². The summed E-state index contributed by atoms with van der Waals surface area (Å²) in [5.41, 5.74) is 3.07. The topological polar surface area (TPSA) is 35.6 Å². The summed E-state index contributed by atoms with van der Waals surface area (Å²) >= 11 is 6.24. The van der Waals surface area contributed by atoms with E-state index in [2.05, 4.69) is 20.7 Å². The van der Waals surface area contributed by atoms with Gasteiger partial charge in [0, 0.05) is 13.2 Å². The molecule has 0 saturated heterocycles. The van der Waals surface area contributed by atoms with Crippen LogP contribution in [0.2, 0.25) is 0 Å². The average molecular weight is 275 g/mol. The summed E-state index contributed by atoms with van der Waals surface area (Å²) < 4.78 is 3.94. The van der Waals surface area contributed by atoms with Gasteiger partial charge in [0.15, 0.2) is 0 Å². The van der Waals surface area contributed by atoms with Crippen LogP contribution in [0.3, 0.4) is 0 Å². The normalized spacial score (nSPS) is 13.0. The van der Waals surface area contributed by atoms with Gasteiger partial charge in [0.25, 0.3) is 0 Å². The van der Waals surface area contributed by atoms with E-state index in [1.54, 1.807) is 4.68 Å². The number of rotatable bonds is 3. The second-order valence-electron chi connectivity index (χ2n) is 4.64. The number of aromatic nitrogens is 4. The van der Waals surface area contributed by atoms with E-state index < -0.39 is 0 Å². The van der Waals surface area contributed by atoms with Crippen molar-refractivity contribution < 1.29 is 0 Å². The standard InChI is InChI=1S/C14H15ClN4/c1-10(15)14-16-12-5-3-4-6-13(12)19(14)9-11-7-8-18(2)17-11/h3-8,10H,9H2,1-2H3. The molecule has 0 amide bonds. The fourth-order valence-corrected chi connectivity index (χ4v) is 2.44. The van der Waals surface area contributed by atoms with Crippen LogP contribution in [0.25, 0.3) is 11.0 Å². The van der Waals surface area contributed by atoms with Crippen LogP contribution in [0.4, 0.5) is 0 Å². The molecule has 1 atom stereocenters. The van der Waals surface area contributed by atoms with Crippen molar-refractivity contribution >= 4 is 22.6 Å². The number of imidazole rings is 1. The molecule has 0 aliphatic carbocycles. The van der Waals surface area contributed by atoms with Gasteiger partial charge in [0.1, 0.15) is 5.82 Å². The number of alkyl halides is 1. The van der Waals surface area contributed by atoms with Crippen LogP contribution in [0.15, 0.2) is 36.5 Å². The molecule has 0 aliphatic rings. The lowest BCUT2D eigenvalue weighted by Crippen LogP contribution is -2.06. The second kappa shape index (κ2) is 4.70. The molecule has 1 aromatic carbocycles. The molecule has 4 nitrogen and oxygen atoms in total. The largest absolute Gasteiger partial charge is 0.321 e. The van der Waals surface area contributed by atoms with E-state index in [4.69, 9.17) is 11.6 Å². The summed E-state index contributed by atoms with van der Waals surface area (Å²) in [6.45, 7) is 2.63. The number of para-hydroxylation sites is 2. The molecule has 2 aromatic heterocycles. The Hall–Kier alpha value is -1.81. The van der Waals surface area contributed by atoms with E-state index >= 15 is 0 Å². The zero-order valence-corrected chi connectivity index (χ0v) is 11.7. The molecule has 1 unspecified atom stereocenters. The molecule has 3 rings (SSSR count). The van der Waals surface area contributed by atoms with Crippen molar-refractivity contribution in [2.45, 2.75) is 18.8 Å². The molecule has 0 aliphatic heterocycles. The van der Waals surface area contributed by atoms with Gasteiger partial charge in [-0.3, -0.25) is 4.68 Å². The van der Waals surface area contributed by atoms with Gasteiger partial charge in [-0.05, 0) is 25.1 Å². The Balaban J connectivity index is 2.12. The lowest BCUT2D eigenvalue weighted by Gasteiger charge is -2.08. The first-order valence-corrected chi connectivity index (χ1v) is 6.66. The monoisotopic (exact) mass is 274 g/mol. The van der Waals surface area contributed by atoms with Gasteiger partial charge >= 0.3 is 0 Å². The Labute approximate surface area is 116 Å². The lowest BCUT2D eigenvalue weighted by atomic mass is 10.3. The average Bonchev–Trinajstić information content (AvgIpc) is 2.95. The summed E-state index contributed by atoms with van der Waals surface area (Å²) in [5, 5.41) is 4.29. The summed E-state index contributed by atoms with van der Waals surface area (Å²) in [5.74, 6) is 0.883. The smallest absolute Gasteiger partial charge is 0.128 e. The molecule has 0 N–H and O–H groups in total. The third-order valence-electron chi connectivity index (χ3n) is 3.13. The number of hydrogen-bond donors (Lipinski definition) is 0. The van der Waals surface area contributed by atoms with E-state index in [1.165, 1.54) is 0 Å². The molecule has 19 heavy (non-hydrogen) atoms. The fraction of sp³-hybridized carbons (Fsp3) is 0.286. The maximum absolute atomic E-state index is 6.24. The number of halogens is 1. The minimum absolute atomic E-state index is 0.129. The SMILES string of the molecule is CC(Cl)c1nc2ccccc2n1Cc1ccn(C)n1. The van der Waals surface area contributed by atoms with Crippen molar-refractivity contribution in [3.63, 3.8) is 0 Å². The van der Waals surface area contributed by atoms with Crippen molar-refractivity contribution in [2.75, 3.05) is 0 Å². The highest BCUT2D eigenvalue weighted by Crippen LogP contribution is 2.25. The first kappa shape index (κ1) is 12.2. The van der Waals surface area contributed by atoms with E-state index in [9.17, 15) is 0 Å². The van der Waals surface area contributed by atoms with E-state index in [-0.39, 0.29) is 5.38 Å². The molecule has 98 valence electrons. The van der Waals surface area contributed by atoms with Gasteiger partial charge in [0.05, 0.1) is 28.6 Å². The predicted octanol–water partition coefficient (Wildman–Crippen LogP) is 3.12. The molecule has 0 spiro atoms. The molecule has 5 heteroatoms. The molecule has 0 fully saturated rings. The third-order valence-corrected chi connectivity index (χ3v) is 3.32. The van der Waals surface area contributed by atoms with E-state index in [0.29, 0.717) is 6.54 Å². The van der Waals surface area contributed by atoms with E-state index in [0.717, 1.165) is 22.6 Å². The Bertz CT molecular complexity index is 711. The summed E-state index contributed by atoms with van der Waals surface area (Å²) in [6, 6.07) is 10.1. The summed E-state index contributed by atoms with van der Waals surface area (Å²) in [6.07, 6.45) is 1.94. The molecular weight excluding hydrogens is 260 g/mol. The van der Waals surface area contributed by atoms with Crippen LogP contribution < -0.4 is 0 Å². The van der Waals surface area contributed by atoms with Crippen LogP contribution in [0.5, 0.6) is 0 Å². The number of nitrogens with zero attached hydrogens (tertiary/aromatic N) is 4. The molecule has 3 aromatic rings. The van der Waals surface area contributed by atoms with Gasteiger partial charge < -0.3 is 4.57 Å². The number of fused-ring (bicyclic) bond motifs is 1. The van der Waals surface area contributed by atoms with Crippen LogP contribution in [0.1, 0.15) is 23.8 Å². The lowest BCUT2D eigenvalue weighted by molar-refractivity contribution is 0.689. The van der Waals surface area contributed by atoms with Crippen LogP contribution in [-0.2, 0) is 13.6 Å². The van der Waals surface area contributed by atoms with Crippen LogP contribution in [0, 0.1) is 0 Å². The maximum atomic E-state index is 6.24. The van der Waals surface area contributed by atoms with Gasteiger partial charge in [-0.25, -0.2) is 4.98 Å². The van der Waals surface area contributed by atoms with Gasteiger partial charge in [0.2, 0.25) is 0 Å². The second-order valence-corrected chi connectivity index (χ2v) is 5.30. The number of aryl methyl sites for hydroxylation is 1. The zero-order chi connectivity index (χ0) is 13.4. The van der Waals surface area contributed by atoms with E-state index in [1.807, 2.05) is 44.4 Å². The minimum Gasteiger partial charge on any atom is -0.321 e. The van der Waals surface area contributed by atoms with Gasteiger partial charge in [-0.1, -0.05) is 12.1 Å². The molecule has 2 heterocycles. The van der Waals surface area contributed by atoms with Gasteiger partial charge in [-0.2, -0.15) is 5.10 Å². The first-order valence-electron chi connectivity index (χ1n) is 6.23. The molecule has 0 bridgehead atoms. The van der Waals surface area contributed by atoms with Crippen molar-refractivity contribution in [1.29, 1.82) is 0 Å². The number of hydrogen-bond acceptors (Lipinski definition) is 2. The predicted molar refractivity (Wildman–Crippen MR) is 76.3 cm³/mol. The van der Waals surface area contributed by atoms with Crippen LogP contribution >= 0.6 is 11.6 Å². The zero-order valence-electron chi connectivity index (χ0n) is 10.9. The number of benzene rings is 1. The minimum atomic E-state index is -0.129. The highest BCUT2D eigenvalue weighted by Gasteiger charge is 2.15. The highest BCUT2D eigenvalue weighted by atomic mass is 35.5. The quantitative estimate of drug-likeness (QED) is 0.688. The Morgan fingerprint density at radius 3 is 2.74 bits per heavy atom. The van der Waals surface area contributed by atoms with Crippen molar-refractivity contribution in [1.82, 2.24) is 19.3 Å². The molecule has 0 saturated carbocycles. The fourth-order valence-electron chi connectivity index (χ4n) is 2.27. The first-order chi connectivity index (χ1) is 9.15. The van der Waals surface area contributed by atoms with Gasteiger partial charge in [-0.15, -0.1) is 11.6 Å². The van der Waals surface area contributed by atoms with Crippen molar-refractivity contribution in [2.24, 2.45) is 7.05 Å². The maximum Gasteiger partial charge on any atom is 0.128 e. The summed E-state index contributed by atoms with van der Waals surface area (Å²) in [4.78, 5) is 4.61. The summed E-state index contributed by atoms with van der Waals surface area (Å²) in [7, 11) is 1.92. The van der Waals surface area contributed by atoms with Crippen molar-refractivity contribution in [3.8, 4) is 0 Å². The van der Waals surface area contributed by atoms with Crippen molar-refractivity contribution in [3.05, 3.63) is 48.0 Å². The Kier molecular flexibility index (Phi) is 3.03. The Morgan fingerprint density at radius 2 is 2.05 bits per heavy atom. The molecular formula is C14H15ClN4. The Morgan fingerprint density at radius 1 is 1.26 bits per heavy atom. The highest BCUT2D eigenvalue weighted by molar-refractivity contribution is 6.20. The third kappa shape index (κ3) is 2.24.